The lowest BCUT2D eigenvalue weighted by atomic mass is 10.0. The van der Waals surface area contributed by atoms with Crippen LogP contribution < -0.4 is 5.32 Å². The molecule has 0 aromatic heterocycles. The predicted molar refractivity (Wildman–Crippen MR) is 83.1 cm³/mol. The van der Waals surface area contributed by atoms with E-state index >= 15 is 0 Å². The Labute approximate surface area is 123 Å². The fourth-order valence-electron chi connectivity index (χ4n) is 2.94. The minimum atomic E-state index is -0.641. The van der Waals surface area contributed by atoms with Gasteiger partial charge in [-0.15, -0.1) is 0 Å². The average molecular weight is 284 g/mol. The lowest BCUT2D eigenvalue weighted by Gasteiger charge is -2.27. The molecule has 118 valence electrons. The van der Waals surface area contributed by atoms with Crippen molar-refractivity contribution in [3.63, 3.8) is 0 Å². The molecular weight excluding hydrogens is 252 g/mol. The van der Waals surface area contributed by atoms with E-state index in [0.29, 0.717) is 0 Å². The van der Waals surface area contributed by atoms with Crippen LogP contribution in [0.3, 0.4) is 0 Å². The minimum Gasteiger partial charge on any atom is -0.480 e. The van der Waals surface area contributed by atoms with Crippen LogP contribution in [0.2, 0.25) is 0 Å². The number of unbranched alkanes of at least 4 members (excludes halogenated alkanes) is 6. The molecule has 1 rings (SSSR count). The molecule has 0 saturated carbocycles. The lowest BCUT2D eigenvalue weighted by molar-refractivity contribution is -0.143. The van der Waals surface area contributed by atoms with Gasteiger partial charge in [0, 0.05) is 19.6 Å². The van der Waals surface area contributed by atoms with Crippen LogP contribution in [0.5, 0.6) is 0 Å². The third-order valence-corrected chi connectivity index (χ3v) is 4.18. The van der Waals surface area contributed by atoms with E-state index in [1.807, 2.05) is 0 Å². The van der Waals surface area contributed by atoms with E-state index in [2.05, 4.69) is 17.1 Å². The van der Waals surface area contributed by atoms with Crippen LogP contribution in [0.25, 0.3) is 0 Å². The molecule has 0 aliphatic carbocycles. The first kappa shape index (κ1) is 17.4. The van der Waals surface area contributed by atoms with Gasteiger partial charge in [0.2, 0.25) is 0 Å². The molecule has 0 amide bonds. The Kier molecular flexibility index (Phi) is 9.67. The molecular formula is C16H32N2O2. The molecule has 1 atom stereocenters. The number of hydrogen-bond acceptors (Lipinski definition) is 3. The van der Waals surface area contributed by atoms with Crippen molar-refractivity contribution in [2.45, 2.75) is 70.8 Å². The van der Waals surface area contributed by atoms with Crippen LogP contribution >= 0.6 is 0 Å². The van der Waals surface area contributed by atoms with Crippen molar-refractivity contribution >= 4 is 5.97 Å². The molecule has 1 aliphatic heterocycles. The van der Waals surface area contributed by atoms with E-state index in [9.17, 15) is 9.90 Å². The SMILES string of the molecule is CCCCCCCCCC(C(=O)O)N1CCCNCC1. The Morgan fingerprint density at radius 3 is 2.50 bits per heavy atom. The fraction of sp³-hybridized carbons (Fsp3) is 0.938. The summed E-state index contributed by atoms with van der Waals surface area (Å²) in [5.41, 5.74) is 0. The molecule has 0 bridgehead atoms. The summed E-state index contributed by atoms with van der Waals surface area (Å²) in [5.74, 6) is -0.641. The maximum Gasteiger partial charge on any atom is 0.320 e. The third-order valence-electron chi connectivity index (χ3n) is 4.18. The highest BCUT2D eigenvalue weighted by Crippen LogP contribution is 2.14. The van der Waals surface area contributed by atoms with Gasteiger partial charge in [-0.1, -0.05) is 51.9 Å². The van der Waals surface area contributed by atoms with Gasteiger partial charge in [-0.25, -0.2) is 0 Å². The number of nitrogens with zero attached hydrogens (tertiary/aromatic N) is 1. The smallest absolute Gasteiger partial charge is 0.320 e. The van der Waals surface area contributed by atoms with Gasteiger partial charge in [0.15, 0.2) is 0 Å². The zero-order valence-corrected chi connectivity index (χ0v) is 13.1. The van der Waals surface area contributed by atoms with Gasteiger partial charge in [0.05, 0.1) is 0 Å². The van der Waals surface area contributed by atoms with Crippen molar-refractivity contribution in [3.8, 4) is 0 Å². The second-order valence-corrected chi connectivity index (χ2v) is 5.90. The number of aliphatic carboxylic acids is 1. The van der Waals surface area contributed by atoms with E-state index in [-0.39, 0.29) is 6.04 Å². The Morgan fingerprint density at radius 1 is 1.10 bits per heavy atom. The van der Waals surface area contributed by atoms with Crippen LogP contribution in [0.4, 0.5) is 0 Å². The van der Waals surface area contributed by atoms with E-state index < -0.39 is 5.97 Å². The second-order valence-electron chi connectivity index (χ2n) is 5.90. The van der Waals surface area contributed by atoms with Gasteiger partial charge >= 0.3 is 5.97 Å². The van der Waals surface area contributed by atoms with Crippen LogP contribution in [0, 0.1) is 0 Å². The van der Waals surface area contributed by atoms with Crippen molar-refractivity contribution in [3.05, 3.63) is 0 Å². The lowest BCUT2D eigenvalue weighted by Crippen LogP contribution is -2.43. The van der Waals surface area contributed by atoms with Crippen molar-refractivity contribution in [1.29, 1.82) is 0 Å². The van der Waals surface area contributed by atoms with Gasteiger partial charge in [0.1, 0.15) is 6.04 Å². The highest BCUT2D eigenvalue weighted by molar-refractivity contribution is 5.73. The highest BCUT2D eigenvalue weighted by atomic mass is 16.4. The molecule has 0 aromatic carbocycles. The molecule has 4 heteroatoms. The number of carboxylic acid groups (broad SMARTS) is 1. The molecule has 0 aromatic rings. The van der Waals surface area contributed by atoms with Crippen LogP contribution in [-0.2, 0) is 4.79 Å². The Hall–Kier alpha value is -0.610. The van der Waals surface area contributed by atoms with Gasteiger partial charge in [-0.05, 0) is 19.4 Å². The van der Waals surface area contributed by atoms with Gasteiger partial charge in [-0.3, -0.25) is 9.69 Å². The van der Waals surface area contributed by atoms with Crippen LogP contribution in [-0.4, -0.2) is 48.2 Å². The molecule has 0 spiro atoms. The second kappa shape index (κ2) is 11.1. The number of nitrogens with one attached hydrogen (secondary N) is 1. The third kappa shape index (κ3) is 7.25. The zero-order chi connectivity index (χ0) is 14.6. The number of carbonyl (C=O) groups is 1. The van der Waals surface area contributed by atoms with Gasteiger partial charge < -0.3 is 10.4 Å². The first-order valence-corrected chi connectivity index (χ1v) is 8.43. The largest absolute Gasteiger partial charge is 0.480 e. The number of rotatable bonds is 10. The van der Waals surface area contributed by atoms with Gasteiger partial charge in [0.25, 0.3) is 0 Å². The molecule has 1 saturated heterocycles. The summed E-state index contributed by atoms with van der Waals surface area (Å²) in [6, 6.07) is -0.273. The summed E-state index contributed by atoms with van der Waals surface area (Å²) in [6.45, 7) is 5.95. The van der Waals surface area contributed by atoms with Crippen molar-refractivity contribution in [1.82, 2.24) is 10.2 Å². The number of carboxylic acids is 1. The Morgan fingerprint density at radius 2 is 1.80 bits per heavy atom. The molecule has 1 fully saturated rings. The average Bonchev–Trinajstić information content (AvgIpc) is 2.70. The first-order valence-electron chi connectivity index (χ1n) is 8.43. The summed E-state index contributed by atoms with van der Waals surface area (Å²) in [5, 5.41) is 12.8. The molecule has 2 N–H and O–H groups in total. The summed E-state index contributed by atoms with van der Waals surface area (Å²) in [4.78, 5) is 13.6. The van der Waals surface area contributed by atoms with Gasteiger partial charge in [-0.2, -0.15) is 0 Å². The van der Waals surface area contributed by atoms with E-state index in [1.165, 1.54) is 38.5 Å². The summed E-state index contributed by atoms with van der Waals surface area (Å²) >= 11 is 0. The van der Waals surface area contributed by atoms with E-state index in [0.717, 1.165) is 45.4 Å². The highest BCUT2D eigenvalue weighted by Gasteiger charge is 2.25. The Bertz CT molecular complexity index is 251. The summed E-state index contributed by atoms with van der Waals surface area (Å²) in [6.07, 6.45) is 10.6. The normalized spacial score (nSPS) is 18.6. The van der Waals surface area contributed by atoms with Crippen molar-refractivity contribution < 1.29 is 9.90 Å². The zero-order valence-electron chi connectivity index (χ0n) is 13.1. The van der Waals surface area contributed by atoms with E-state index in [4.69, 9.17) is 0 Å². The monoisotopic (exact) mass is 284 g/mol. The maximum atomic E-state index is 11.5. The quantitative estimate of drug-likeness (QED) is 0.606. The van der Waals surface area contributed by atoms with E-state index in [1.54, 1.807) is 0 Å². The summed E-state index contributed by atoms with van der Waals surface area (Å²) < 4.78 is 0. The van der Waals surface area contributed by atoms with Crippen LogP contribution in [0.1, 0.15) is 64.7 Å². The fourth-order valence-corrected chi connectivity index (χ4v) is 2.94. The molecule has 4 nitrogen and oxygen atoms in total. The van der Waals surface area contributed by atoms with Crippen molar-refractivity contribution in [2.24, 2.45) is 0 Å². The molecule has 1 heterocycles. The number of hydrogen-bond donors (Lipinski definition) is 2. The predicted octanol–water partition coefficient (Wildman–Crippen LogP) is 2.88. The molecule has 0 radical (unpaired) electrons. The van der Waals surface area contributed by atoms with Crippen molar-refractivity contribution in [2.75, 3.05) is 26.2 Å². The Balaban J connectivity index is 2.19. The topological polar surface area (TPSA) is 52.6 Å². The van der Waals surface area contributed by atoms with Crippen LogP contribution in [0.15, 0.2) is 0 Å². The molecule has 1 unspecified atom stereocenters. The minimum absolute atomic E-state index is 0.273. The maximum absolute atomic E-state index is 11.5. The summed E-state index contributed by atoms with van der Waals surface area (Å²) in [7, 11) is 0. The standard InChI is InChI=1S/C16H32N2O2/c1-2-3-4-5-6-7-8-10-15(16(19)20)18-13-9-11-17-12-14-18/h15,17H,2-14H2,1H3,(H,19,20). The molecule has 20 heavy (non-hydrogen) atoms. The molecule has 1 aliphatic rings. The first-order chi connectivity index (χ1) is 9.75.